The first kappa shape index (κ1) is 26.8. The Hall–Kier alpha value is -3.75. The maximum absolute atomic E-state index is 12.5. The van der Waals surface area contributed by atoms with Gasteiger partial charge in [-0.2, -0.15) is 14.6 Å². The molecule has 0 radical (unpaired) electrons. The molecule has 36 heavy (non-hydrogen) atoms. The van der Waals surface area contributed by atoms with Gasteiger partial charge in [0, 0.05) is 11.5 Å². The lowest BCUT2D eigenvalue weighted by Gasteiger charge is -2.11. The number of aromatic nitrogens is 2. The van der Waals surface area contributed by atoms with Crippen LogP contribution in [0.5, 0.6) is 11.5 Å². The molecule has 0 aliphatic carbocycles. The van der Waals surface area contributed by atoms with Gasteiger partial charge in [-0.1, -0.05) is 24.3 Å². The van der Waals surface area contributed by atoms with Crippen LogP contribution in [0.25, 0.3) is 6.08 Å². The quantitative estimate of drug-likeness (QED) is 0.234. The molecule has 0 spiro atoms. The van der Waals surface area contributed by atoms with Crippen LogP contribution in [0.1, 0.15) is 30.5 Å². The maximum Gasteiger partial charge on any atom is 0.268 e. The summed E-state index contributed by atoms with van der Waals surface area (Å²) < 4.78 is 39.6. The van der Waals surface area contributed by atoms with E-state index in [0.717, 1.165) is 28.4 Å². The number of benzene rings is 2. The molecule has 11 heteroatoms. The van der Waals surface area contributed by atoms with Crippen LogP contribution in [0, 0.1) is 25.2 Å². The first-order valence-electron chi connectivity index (χ1n) is 11.0. The predicted molar refractivity (Wildman–Crippen MR) is 138 cm³/mol. The molecule has 3 rings (SSSR count). The summed E-state index contributed by atoms with van der Waals surface area (Å²) in [5.74, 6) is 0.728. The largest absolute Gasteiger partial charge is 0.490 e. The lowest BCUT2D eigenvalue weighted by Crippen LogP contribution is -2.16. The summed E-state index contributed by atoms with van der Waals surface area (Å²) in [7, 11) is -3.66. The van der Waals surface area contributed by atoms with E-state index < -0.39 is 21.0 Å². The van der Waals surface area contributed by atoms with Gasteiger partial charge in [0.15, 0.2) is 0 Å². The lowest BCUT2D eigenvalue weighted by molar-refractivity contribution is -0.112. The van der Waals surface area contributed by atoms with E-state index in [9.17, 15) is 18.5 Å². The second-order valence-corrected chi connectivity index (χ2v) is 11.3. The predicted octanol–water partition coefficient (Wildman–Crippen LogP) is 4.34. The summed E-state index contributed by atoms with van der Waals surface area (Å²) in [5, 5.41) is 10.8. The van der Waals surface area contributed by atoms with E-state index in [4.69, 9.17) is 9.47 Å². The van der Waals surface area contributed by atoms with Crippen molar-refractivity contribution in [3.8, 4) is 17.6 Å². The van der Waals surface area contributed by atoms with Gasteiger partial charge >= 0.3 is 0 Å². The van der Waals surface area contributed by atoms with Crippen molar-refractivity contribution in [3.05, 3.63) is 64.7 Å². The van der Waals surface area contributed by atoms with E-state index in [1.807, 2.05) is 38.1 Å². The highest BCUT2D eigenvalue weighted by atomic mass is 32.2. The number of carbonyl (C=O) groups excluding carboxylic acids is 1. The van der Waals surface area contributed by atoms with Gasteiger partial charge in [-0.05, 0) is 68.7 Å². The van der Waals surface area contributed by atoms with Crippen molar-refractivity contribution in [1.82, 2.24) is 9.36 Å². The zero-order valence-electron chi connectivity index (χ0n) is 20.3. The Morgan fingerprint density at radius 2 is 1.83 bits per heavy atom. The van der Waals surface area contributed by atoms with Gasteiger partial charge in [0.1, 0.15) is 36.4 Å². The fraction of sp³-hybridized carbons (Fsp3) is 0.280. The standard InChI is InChI=1S/C25H26N4O5S2/c1-16(2)36(31,32)25-28-24(35-29-25)27-23(30)20(15-26)14-19-7-9-21(10-8-19)33-11-12-34-22-13-17(3)5-6-18(22)4/h5-10,13-14,16H,11-12H2,1-4H3,(H,27,28,29,30). The number of hydrogen-bond donors (Lipinski definition) is 1. The smallest absolute Gasteiger partial charge is 0.268 e. The Morgan fingerprint density at radius 1 is 1.14 bits per heavy atom. The van der Waals surface area contributed by atoms with Crippen LogP contribution >= 0.6 is 11.5 Å². The van der Waals surface area contributed by atoms with Crippen LogP contribution in [-0.2, 0) is 14.6 Å². The molecule has 1 heterocycles. The van der Waals surface area contributed by atoms with Crippen LogP contribution in [0.15, 0.2) is 53.2 Å². The Morgan fingerprint density at radius 3 is 2.50 bits per heavy atom. The lowest BCUT2D eigenvalue weighted by atomic mass is 10.1. The summed E-state index contributed by atoms with van der Waals surface area (Å²) in [6.07, 6.45) is 1.41. The van der Waals surface area contributed by atoms with Crippen molar-refractivity contribution < 1.29 is 22.7 Å². The summed E-state index contributed by atoms with van der Waals surface area (Å²) in [4.78, 5) is 16.4. The first-order chi connectivity index (χ1) is 17.1. The third kappa shape index (κ3) is 6.90. The van der Waals surface area contributed by atoms with Gasteiger partial charge in [0.2, 0.25) is 15.0 Å². The van der Waals surface area contributed by atoms with Crippen molar-refractivity contribution in [2.45, 2.75) is 38.1 Å². The minimum absolute atomic E-state index is 0.00722. The number of rotatable bonds is 10. The number of sulfone groups is 1. The van der Waals surface area contributed by atoms with Gasteiger partial charge in [-0.25, -0.2) is 8.42 Å². The molecule has 0 saturated heterocycles. The van der Waals surface area contributed by atoms with E-state index in [0.29, 0.717) is 24.5 Å². The topological polar surface area (TPSA) is 131 Å². The minimum Gasteiger partial charge on any atom is -0.490 e. The second-order valence-electron chi connectivity index (χ2n) is 8.13. The highest BCUT2D eigenvalue weighted by Gasteiger charge is 2.25. The fourth-order valence-corrected chi connectivity index (χ4v) is 4.60. The molecular weight excluding hydrogens is 500 g/mol. The van der Waals surface area contributed by atoms with Crippen LogP contribution in [0.3, 0.4) is 0 Å². The molecule has 0 atom stereocenters. The Balaban J connectivity index is 1.56. The average Bonchev–Trinajstić information content (AvgIpc) is 3.32. The summed E-state index contributed by atoms with van der Waals surface area (Å²) in [6.45, 7) is 7.76. The van der Waals surface area contributed by atoms with Crippen LogP contribution in [0.2, 0.25) is 0 Å². The number of aryl methyl sites for hydroxylation is 2. The van der Waals surface area contributed by atoms with E-state index in [-0.39, 0.29) is 15.9 Å². The first-order valence-corrected chi connectivity index (χ1v) is 13.4. The van der Waals surface area contributed by atoms with E-state index in [2.05, 4.69) is 14.7 Å². The molecule has 1 aromatic heterocycles. The summed E-state index contributed by atoms with van der Waals surface area (Å²) >= 11 is 0.732. The molecule has 1 N–H and O–H groups in total. The monoisotopic (exact) mass is 526 g/mol. The third-order valence-corrected chi connectivity index (χ3v) is 7.69. The highest BCUT2D eigenvalue weighted by molar-refractivity contribution is 7.91. The van der Waals surface area contributed by atoms with Crippen LogP contribution < -0.4 is 14.8 Å². The molecule has 0 aliphatic heterocycles. The molecule has 0 unspecified atom stereocenters. The highest BCUT2D eigenvalue weighted by Crippen LogP contribution is 2.21. The molecule has 0 saturated carbocycles. The summed E-state index contributed by atoms with van der Waals surface area (Å²) in [6, 6.07) is 14.7. The molecule has 3 aromatic rings. The number of carbonyl (C=O) groups is 1. The number of nitriles is 1. The number of ether oxygens (including phenoxy) is 2. The Kier molecular flexibility index (Phi) is 8.79. The van der Waals surface area contributed by atoms with Gasteiger partial charge in [0.05, 0.1) is 5.25 Å². The number of nitrogens with zero attached hydrogens (tertiary/aromatic N) is 3. The fourth-order valence-electron chi connectivity index (χ4n) is 2.90. The van der Waals surface area contributed by atoms with Crippen molar-refractivity contribution in [2.75, 3.05) is 18.5 Å². The van der Waals surface area contributed by atoms with Gasteiger partial charge in [-0.3, -0.25) is 10.1 Å². The number of nitrogens with one attached hydrogen (secondary N) is 1. The van der Waals surface area contributed by atoms with Crippen molar-refractivity contribution in [1.29, 1.82) is 5.26 Å². The molecule has 0 fully saturated rings. The summed E-state index contributed by atoms with van der Waals surface area (Å²) in [5.41, 5.74) is 2.62. The number of amides is 1. The Labute approximate surface area is 214 Å². The van der Waals surface area contributed by atoms with Crippen molar-refractivity contribution >= 4 is 38.5 Å². The van der Waals surface area contributed by atoms with Crippen LogP contribution in [0.4, 0.5) is 5.13 Å². The maximum atomic E-state index is 12.5. The normalized spacial score (nSPS) is 11.7. The van der Waals surface area contributed by atoms with Gasteiger partial charge < -0.3 is 9.47 Å². The molecule has 9 nitrogen and oxygen atoms in total. The molecule has 2 aromatic carbocycles. The Bertz CT molecular complexity index is 1400. The zero-order chi connectivity index (χ0) is 26.3. The SMILES string of the molecule is Cc1ccc(C)c(OCCOc2ccc(C=C(C#N)C(=O)Nc3nc(S(=O)(=O)C(C)C)ns3)cc2)c1. The average molecular weight is 527 g/mol. The van der Waals surface area contributed by atoms with E-state index in [1.54, 1.807) is 24.3 Å². The molecular formula is C25H26N4O5S2. The molecule has 0 aliphatic rings. The van der Waals surface area contributed by atoms with Crippen molar-refractivity contribution in [3.63, 3.8) is 0 Å². The molecule has 188 valence electrons. The van der Waals surface area contributed by atoms with Crippen LogP contribution in [-0.4, -0.2) is 42.1 Å². The van der Waals surface area contributed by atoms with Gasteiger partial charge in [0.25, 0.3) is 11.1 Å². The molecule has 1 amide bonds. The van der Waals surface area contributed by atoms with E-state index >= 15 is 0 Å². The zero-order valence-corrected chi connectivity index (χ0v) is 21.9. The third-order valence-electron chi connectivity index (χ3n) is 5.01. The van der Waals surface area contributed by atoms with Crippen molar-refractivity contribution in [2.24, 2.45) is 0 Å². The van der Waals surface area contributed by atoms with E-state index in [1.165, 1.54) is 19.9 Å². The minimum atomic E-state index is -3.66. The number of anilines is 1. The number of hydrogen-bond acceptors (Lipinski definition) is 9. The molecule has 0 bridgehead atoms. The second kappa shape index (κ2) is 11.8. The van der Waals surface area contributed by atoms with Gasteiger partial charge in [-0.15, -0.1) is 0 Å².